The van der Waals surface area contributed by atoms with Crippen LogP contribution >= 0.6 is 12.4 Å². The SMILES string of the molecule is CCOC1CC(N)(C(=O)Nc2cccc3c2CCCC3)C1(C)C.Cl. The number of fused-ring (bicyclic) bond motifs is 1. The summed E-state index contributed by atoms with van der Waals surface area (Å²) in [5.41, 5.74) is 8.83. The summed E-state index contributed by atoms with van der Waals surface area (Å²) in [4.78, 5) is 12.9. The molecule has 0 spiro atoms. The average Bonchev–Trinajstić information content (AvgIpc) is 2.54. The lowest BCUT2D eigenvalue weighted by atomic mass is 9.54. The van der Waals surface area contributed by atoms with Crippen molar-refractivity contribution in [2.24, 2.45) is 11.1 Å². The molecule has 0 aromatic heterocycles. The molecule has 3 rings (SSSR count). The number of carbonyl (C=O) groups excluding carboxylic acids is 1. The van der Waals surface area contributed by atoms with Crippen molar-refractivity contribution in [3.05, 3.63) is 29.3 Å². The number of benzene rings is 1. The van der Waals surface area contributed by atoms with Gasteiger partial charge in [-0.2, -0.15) is 0 Å². The number of halogens is 1. The normalized spacial score (nSPS) is 27.4. The number of rotatable bonds is 4. The van der Waals surface area contributed by atoms with Crippen molar-refractivity contribution in [2.75, 3.05) is 11.9 Å². The van der Waals surface area contributed by atoms with Gasteiger partial charge in [-0.05, 0) is 49.8 Å². The Labute approximate surface area is 150 Å². The standard InChI is InChI=1S/C19H28N2O2.ClH/c1-4-23-16-12-19(20,18(16,2)3)17(22)21-15-11-7-9-13-8-5-6-10-14(13)15;/h7,9,11,16H,4-6,8,10,12,20H2,1-3H3,(H,21,22);1H. The second kappa shape index (κ2) is 7.03. The molecule has 5 heteroatoms. The van der Waals surface area contributed by atoms with Crippen LogP contribution < -0.4 is 11.1 Å². The van der Waals surface area contributed by atoms with Crippen LogP contribution in [0.3, 0.4) is 0 Å². The number of carbonyl (C=O) groups is 1. The maximum atomic E-state index is 12.9. The second-order valence-corrected chi connectivity index (χ2v) is 7.45. The first-order chi connectivity index (χ1) is 10.9. The lowest BCUT2D eigenvalue weighted by Gasteiger charge is -2.57. The fraction of sp³-hybridized carbons (Fsp3) is 0.632. The van der Waals surface area contributed by atoms with Crippen molar-refractivity contribution >= 4 is 24.0 Å². The second-order valence-electron chi connectivity index (χ2n) is 7.45. The molecule has 4 nitrogen and oxygen atoms in total. The Morgan fingerprint density at radius 2 is 2.04 bits per heavy atom. The van der Waals surface area contributed by atoms with E-state index in [1.807, 2.05) is 32.9 Å². The fourth-order valence-electron chi connectivity index (χ4n) is 3.95. The molecular weight excluding hydrogens is 324 g/mol. The van der Waals surface area contributed by atoms with Crippen molar-refractivity contribution in [2.45, 2.75) is 64.5 Å². The van der Waals surface area contributed by atoms with Crippen molar-refractivity contribution in [1.82, 2.24) is 0 Å². The lowest BCUT2D eigenvalue weighted by molar-refractivity contribution is -0.166. The summed E-state index contributed by atoms with van der Waals surface area (Å²) in [5, 5.41) is 3.11. The van der Waals surface area contributed by atoms with E-state index in [1.54, 1.807) is 0 Å². The van der Waals surface area contributed by atoms with Gasteiger partial charge < -0.3 is 15.8 Å². The summed E-state index contributed by atoms with van der Waals surface area (Å²) in [5.74, 6) is -0.0857. The van der Waals surface area contributed by atoms with Gasteiger partial charge in [0.15, 0.2) is 0 Å². The van der Waals surface area contributed by atoms with Crippen molar-refractivity contribution < 1.29 is 9.53 Å². The Bertz CT molecular complexity index is 617. The van der Waals surface area contributed by atoms with E-state index >= 15 is 0 Å². The van der Waals surface area contributed by atoms with Crippen LogP contribution in [-0.2, 0) is 22.4 Å². The molecule has 1 aromatic rings. The van der Waals surface area contributed by atoms with E-state index in [0.29, 0.717) is 13.0 Å². The minimum Gasteiger partial charge on any atom is -0.378 e. The molecule has 2 atom stereocenters. The minimum atomic E-state index is -0.871. The van der Waals surface area contributed by atoms with Gasteiger partial charge in [0.25, 0.3) is 0 Å². The number of aryl methyl sites for hydroxylation is 1. The third-order valence-electron chi connectivity index (χ3n) is 5.88. The van der Waals surface area contributed by atoms with Crippen LogP contribution in [0.25, 0.3) is 0 Å². The van der Waals surface area contributed by atoms with E-state index in [1.165, 1.54) is 24.0 Å². The van der Waals surface area contributed by atoms with E-state index in [0.717, 1.165) is 18.5 Å². The highest BCUT2D eigenvalue weighted by Gasteiger charge is 2.62. The lowest BCUT2D eigenvalue weighted by Crippen LogP contribution is -2.74. The monoisotopic (exact) mass is 352 g/mol. The summed E-state index contributed by atoms with van der Waals surface area (Å²) in [6, 6.07) is 6.19. The van der Waals surface area contributed by atoms with Gasteiger partial charge in [-0.3, -0.25) is 4.79 Å². The molecular formula is C19H29ClN2O2. The zero-order valence-electron chi connectivity index (χ0n) is 14.9. The largest absolute Gasteiger partial charge is 0.378 e. The van der Waals surface area contributed by atoms with Gasteiger partial charge >= 0.3 is 0 Å². The summed E-state index contributed by atoms with van der Waals surface area (Å²) in [7, 11) is 0. The Morgan fingerprint density at radius 1 is 1.33 bits per heavy atom. The van der Waals surface area contributed by atoms with E-state index in [-0.39, 0.29) is 29.8 Å². The smallest absolute Gasteiger partial charge is 0.245 e. The van der Waals surface area contributed by atoms with Gasteiger partial charge in [0.1, 0.15) is 5.54 Å². The molecule has 0 bridgehead atoms. The van der Waals surface area contributed by atoms with Crippen LogP contribution in [0.5, 0.6) is 0 Å². The molecule has 0 radical (unpaired) electrons. The predicted octanol–water partition coefficient (Wildman–Crippen LogP) is 3.46. The molecule has 134 valence electrons. The summed E-state index contributed by atoms with van der Waals surface area (Å²) < 4.78 is 5.72. The van der Waals surface area contributed by atoms with Crippen LogP contribution in [0.4, 0.5) is 5.69 Å². The van der Waals surface area contributed by atoms with Gasteiger partial charge in [-0.1, -0.05) is 26.0 Å². The highest BCUT2D eigenvalue weighted by molar-refractivity contribution is 6.00. The fourth-order valence-corrected chi connectivity index (χ4v) is 3.95. The van der Waals surface area contributed by atoms with Crippen molar-refractivity contribution in [3.63, 3.8) is 0 Å². The van der Waals surface area contributed by atoms with Crippen LogP contribution in [0.15, 0.2) is 18.2 Å². The Kier molecular flexibility index (Phi) is 5.63. The number of nitrogens with two attached hydrogens (primary N) is 1. The third kappa shape index (κ3) is 2.96. The van der Waals surface area contributed by atoms with Crippen LogP contribution in [0, 0.1) is 5.41 Å². The highest BCUT2D eigenvalue weighted by atomic mass is 35.5. The maximum absolute atomic E-state index is 12.9. The predicted molar refractivity (Wildman–Crippen MR) is 99.7 cm³/mol. The topological polar surface area (TPSA) is 64.3 Å². The molecule has 2 unspecified atom stereocenters. The number of amides is 1. The molecule has 3 N–H and O–H groups in total. The Hall–Kier alpha value is -1.10. The molecule has 1 amide bonds. The zero-order chi connectivity index (χ0) is 16.7. The van der Waals surface area contributed by atoms with E-state index in [9.17, 15) is 4.79 Å². The summed E-state index contributed by atoms with van der Waals surface area (Å²) >= 11 is 0. The number of ether oxygens (including phenoxy) is 1. The molecule has 2 aliphatic rings. The zero-order valence-corrected chi connectivity index (χ0v) is 15.7. The number of anilines is 1. The van der Waals surface area contributed by atoms with Gasteiger partial charge in [-0.15, -0.1) is 12.4 Å². The van der Waals surface area contributed by atoms with E-state index in [4.69, 9.17) is 10.5 Å². The molecule has 0 aliphatic heterocycles. The molecule has 24 heavy (non-hydrogen) atoms. The van der Waals surface area contributed by atoms with Crippen LogP contribution in [0.2, 0.25) is 0 Å². The van der Waals surface area contributed by atoms with Gasteiger partial charge in [-0.25, -0.2) is 0 Å². The molecule has 0 heterocycles. The Morgan fingerprint density at radius 3 is 2.71 bits per heavy atom. The van der Waals surface area contributed by atoms with E-state index in [2.05, 4.69) is 11.4 Å². The molecule has 1 fully saturated rings. The van der Waals surface area contributed by atoms with Crippen LogP contribution in [-0.4, -0.2) is 24.2 Å². The van der Waals surface area contributed by atoms with Crippen LogP contribution in [0.1, 0.15) is 51.2 Å². The highest BCUT2D eigenvalue weighted by Crippen LogP contribution is 2.50. The quantitative estimate of drug-likeness (QED) is 0.872. The minimum absolute atomic E-state index is 0. The maximum Gasteiger partial charge on any atom is 0.245 e. The molecule has 0 saturated heterocycles. The van der Waals surface area contributed by atoms with Crippen molar-refractivity contribution in [1.29, 1.82) is 0 Å². The summed E-state index contributed by atoms with van der Waals surface area (Å²) in [6.45, 7) is 6.68. The molecule has 1 saturated carbocycles. The average molecular weight is 353 g/mol. The molecule has 2 aliphatic carbocycles. The first kappa shape index (κ1) is 19.2. The van der Waals surface area contributed by atoms with Gasteiger partial charge in [0.2, 0.25) is 5.91 Å². The first-order valence-corrected chi connectivity index (χ1v) is 8.73. The summed E-state index contributed by atoms with van der Waals surface area (Å²) in [6.07, 6.45) is 5.18. The van der Waals surface area contributed by atoms with Gasteiger partial charge in [0, 0.05) is 24.1 Å². The number of hydrogen-bond donors (Lipinski definition) is 2. The first-order valence-electron chi connectivity index (χ1n) is 8.73. The number of nitrogens with one attached hydrogen (secondary N) is 1. The Balaban J connectivity index is 0.00000208. The molecule has 1 aromatic carbocycles. The van der Waals surface area contributed by atoms with E-state index < -0.39 is 5.54 Å². The van der Waals surface area contributed by atoms with Crippen molar-refractivity contribution in [3.8, 4) is 0 Å². The number of hydrogen-bond acceptors (Lipinski definition) is 3. The third-order valence-corrected chi connectivity index (χ3v) is 5.88. The van der Waals surface area contributed by atoms with Gasteiger partial charge in [0.05, 0.1) is 6.10 Å².